The van der Waals surface area contributed by atoms with Crippen molar-refractivity contribution >= 4 is 11.7 Å². The molecular formula is C19H27N5O. The Labute approximate surface area is 149 Å². The van der Waals surface area contributed by atoms with Gasteiger partial charge in [-0.2, -0.15) is 5.26 Å². The predicted molar refractivity (Wildman–Crippen MR) is 97.0 cm³/mol. The van der Waals surface area contributed by atoms with Crippen LogP contribution in [0.5, 0.6) is 0 Å². The average Bonchev–Trinajstić information content (AvgIpc) is 3.23. The van der Waals surface area contributed by atoms with Gasteiger partial charge in [0.05, 0.1) is 12.6 Å². The van der Waals surface area contributed by atoms with Crippen molar-refractivity contribution < 1.29 is 4.79 Å². The summed E-state index contributed by atoms with van der Waals surface area (Å²) in [6.45, 7) is 5.16. The van der Waals surface area contributed by atoms with Crippen LogP contribution in [0.15, 0.2) is 18.3 Å². The van der Waals surface area contributed by atoms with Crippen LogP contribution < -0.4 is 10.6 Å². The SMILES string of the molecule is Cc1ccnc(NCC2CCN(CC(=O)NC3(C#N)CCCC3)C2)c1. The van der Waals surface area contributed by atoms with E-state index in [9.17, 15) is 10.1 Å². The molecule has 1 saturated carbocycles. The van der Waals surface area contributed by atoms with Gasteiger partial charge in [-0.25, -0.2) is 4.98 Å². The largest absolute Gasteiger partial charge is 0.370 e. The van der Waals surface area contributed by atoms with Gasteiger partial charge in [0, 0.05) is 19.3 Å². The number of amides is 1. The van der Waals surface area contributed by atoms with Crippen LogP contribution in [0.2, 0.25) is 0 Å². The van der Waals surface area contributed by atoms with E-state index in [0.717, 1.165) is 57.6 Å². The number of anilines is 1. The third kappa shape index (κ3) is 4.70. The van der Waals surface area contributed by atoms with Crippen molar-refractivity contribution in [1.82, 2.24) is 15.2 Å². The maximum Gasteiger partial charge on any atom is 0.235 e. The van der Waals surface area contributed by atoms with Crippen molar-refractivity contribution in [2.24, 2.45) is 5.92 Å². The molecule has 1 atom stereocenters. The molecule has 6 nitrogen and oxygen atoms in total. The number of aryl methyl sites for hydroxylation is 1. The second-order valence-corrected chi connectivity index (χ2v) is 7.44. The molecule has 1 aliphatic heterocycles. The summed E-state index contributed by atoms with van der Waals surface area (Å²) >= 11 is 0. The van der Waals surface area contributed by atoms with Crippen molar-refractivity contribution in [2.45, 2.75) is 44.6 Å². The summed E-state index contributed by atoms with van der Waals surface area (Å²) in [5, 5.41) is 15.7. The first-order chi connectivity index (χ1) is 12.1. The third-order valence-corrected chi connectivity index (χ3v) is 5.27. The van der Waals surface area contributed by atoms with Crippen LogP contribution in [0.3, 0.4) is 0 Å². The standard InChI is InChI=1S/C19H27N5O/c1-15-4-8-21-17(10-15)22-11-16-5-9-24(12-16)13-18(25)23-19(14-20)6-2-3-7-19/h4,8,10,16H,2-3,5-7,9,11-13H2,1H3,(H,21,22)(H,23,25). The molecule has 0 bridgehead atoms. The van der Waals surface area contributed by atoms with Crippen LogP contribution in [0, 0.1) is 24.2 Å². The zero-order valence-corrected chi connectivity index (χ0v) is 14.9. The topological polar surface area (TPSA) is 81.1 Å². The van der Waals surface area contributed by atoms with Crippen molar-refractivity contribution in [3.63, 3.8) is 0 Å². The number of likely N-dealkylation sites (tertiary alicyclic amines) is 1. The lowest BCUT2D eigenvalue weighted by Gasteiger charge is -2.24. The van der Waals surface area contributed by atoms with Crippen molar-refractivity contribution in [1.29, 1.82) is 5.26 Å². The van der Waals surface area contributed by atoms with Crippen LogP contribution in [0.25, 0.3) is 0 Å². The van der Waals surface area contributed by atoms with E-state index >= 15 is 0 Å². The Morgan fingerprint density at radius 1 is 1.48 bits per heavy atom. The highest BCUT2D eigenvalue weighted by molar-refractivity contribution is 5.79. The average molecular weight is 341 g/mol. The van der Waals surface area contributed by atoms with Gasteiger partial charge in [0.25, 0.3) is 0 Å². The number of rotatable bonds is 6. The molecule has 2 N–H and O–H groups in total. The maximum atomic E-state index is 12.3. The number of carbonyl (C=O) groups excluding carboxylic acids is 1. The molecule has 1 unspecified atom stereocenters. The summed E-state index contributed by atoms with van der Waals surface area (Å²) < 4.78 is 0. The van der Waals surface area contributed by atoms with E-state index in [1.807, 2.05) is 18.3 Å². The number of nitrogens with zero attached hydrogens (tertiary/aromatic N) is 3. The summed E-state index contributed by atoms with van der Waals surface area (Å²) in [6, 6.07) is 6.35. The Hall–Kier alpha value is -2.13. The van der Waals surface area contributed by atoms with Gasteiger partial charge in [0.2, 0.25) is 5.91 Å². The number of hydrogen-bond donors (Lipinski definition) is 2. The summed E-state index contributed by atoms with van der Waals surface area (Å²) in [7, 11) is 0. The van der Waals surface area contributed by atoms with E-state index in [1.165, 1.54) is 5.56 Å². The zero-order chi connectivity index (χ0) is 17.7. The Morgan fingerprint density at radius 3 is 3.00 bits per heavy atom. The molecule has 2 fully saturated rings. The van der Waals surface area contributed by atoms with Gasteiger partial charge in [-0.05, 0) is 69.2 Å². The van der Waals surface area contributed by atoms with Crippen LogP contribution in [-0.4, -0.2) is 47.5 Å². The summed E-state index contributed by atoms with van der Waals surface area (Å²) in [5.74, 6) is 1.41. The van der Waals surface area contributed by atoms with E-state index in [-0.39, 0.29) is 5.91 Å². The molecule has 3 rings (SSSR count). The molecule has 1 aromatic rings. The quantitative estimate of drug-likeness (QED) is 0.828. The van der Waals surface area contributed by atoms with Crippen LogP contribution in [0.1, 0.15) is 37.7 Å². The first-order valence-corrected chi connectivity index (χ1v) is 9.20. The summed E-state index contributed by atoms with van der Waals surface area (Å²) in [5.41, 5.74) is 0.578. The number of carbonyl (C=O) groups is 1. The molecule has 1 amide bonds. The van der Waals surface area contributed by atoms with Crippen LogP contribution in [0.4, 0.5) is 5.82 Å². The summed E-state index contributed by atoms with van der Waals surface area (Å²) in [6.07, 6.45) is 6.51. The minimum Gasteiger partial charge on any atom is -0.370 e. The monoisotopic (exact) mass is 341 g/mol. The fourth-order valence-electron chi connectivity index (χ4n) is 3.86. The van der Waals surface area contributed by atoms with Crippen LogP contribution >= 0.6 is 0 Å². The highest BCUT2D eigenvalue weighted by atomic mass is 16.2. The van der Waals surface area contributed by atoms with Gasteiger partial charge in [-0.1, -0.05) is 0 Å². The highest BCUT2D eigenvalue weighted by Gasteiger charge is 2.36. The minimum atomic E-state index is -0.616. The van der Waals surface area contributed by atoms with Crippen molar-refractivity contribution in [3.8, 4) is 6.07 Å². The summed E-state index contributed by atoms with van der Waals surface area (Å²) in [4.78, 5) is 18.8. The molecule has 6 heteroatoms. The molecule has 1 aromatic heterocycles. The minimum absolute atomic E-state index is 0.0163. The van der Waals surface area contributed by atoms with Crippen LogP contribution in [-0.2, 0) is 4.79 Å². The first-order valence-electron chi connectivity index (χ1n) is 9.20. The Bertz CT molecular complexity index is 647. The molecule has 2 aliphatic rings. The number of nitriles is 1. The zero-order valence-electron chi connectivity index (χ0n) is 14.9. The van der Waals surface area contributed by atoms with Gasteiger partial charge in [-0.15, -0.1) is 0 Å². The molecule has 25 heavy (non-hydrogen) atoms. The number of hydrogen-bond acceptors (Lipinski definition) is 5. The van der Waals surface area contributed by atoms with Gasteiger partial charge >= 0.3 is 0 Å². The van der Waals surface area contributed by atoms with Gasteiger partial charge in [0.15, 0.2) is 0 Å². The van der Waals surface area contributed by atoms with E-state index in [4.69, 9.17) is 0 Å². The normalized spacial score (nSPS) is 22.5. The van der Waals surface area contributed by atoms with E-state index in [2.05, 4.69) is 33.5 Å². The van der Waals surface area contributed by atoms with Gasteiger partial charge < -0.3 is 10.6 Å². The second kappa shape index (κ2) is 7.83. The molecule has 0 aromatic carbocycles. The van der Waals surface area contributed by atoms with E-state index in [1.54, 1.807) is 0 Å². The molecule has 0 radical (unpaired) electrons. The molecular weight excluding hydrogens is 314 g/mol. The first kappa shape index (κ1) is 17.7. The molecule has 1 saturated heterocycles. The van der Waals surface area contributed by atoms with Gasteiger partial charge in [0.1, 0.15) is 11.4 Å². The number of aromatic nitrogens is 1. The second-order valence-electron chi connectivity index (χ2n) is 7.44. The highest BCUT2D eigenvalue weighted by Crippen LogP contribution is 2.28. The Balaban J connectivity index is 1.42. The predicted octanol–water partition coefficient (Wildman–Crippen LogP) is 2.08. The lowest BCUT2D eigenvalue weighted by Crippen LogP contribution is -2.48. The Morgan fingerprint density at radius 2 is 2.28 bits per heavy atom. The number of pyridine rings is 1. The number of nitrogens with one attached hydrogen (secondary N) is 2. The third-order valence-electron chi connectivity index (χ3n) is 5.27. The lowest BCUT2D eigenvalue weighted by atomic mass is 10.00. The Kier molecular flexibility index (Phi) is 5.54. The lowest BCUT2D eigenvalue weighted by molar-refractivity contribution is -0.123. The molecule has 0 spiro atoms. The molecule has 134 valence electrons. The van der Waals surface area contributed by atoms with Gasteiger partial charge in [-0.3, -0.25) is 9.69 Å². The van der Waals surface area contributed by atoms with E-state index in [0.29, 0.717) is 12.5 Å². The van der Waals surface area contributed by atoms with E-state index < -0.39 is 5.54 Å². The molecule has 1 aliphatic carbocycles. The smallest absolute Gasteiger partial charge is 0.235 e. The maximum absolute atomic E-state index is 12.3. The molecule has 2 heterocycles. The van der Waals surface area contributed by atoms with Crippen molar-refractivity contribution in [2.75, 3.05) is 31.5 Å². The fraction of sp³-hybridized carbons (Fsp3) is 0.632. The van der Waals surface area contributed by atoms with Crippen molar-refractivity contribution in [3.05, 3.63) is 23.9 Å². The fourth-order valence-corrected chi connectivity index (χ4v) is 3.86.